The molecule has 0 saturated carbocycles. The minimum absolute atomic E-state index is 0.00263. The van der Waals surface area contributed by atoms with Gasteiger partial charge in [-0.15, -0.1) is 23.2 Å². The summed E-state index contributed by atoms with van der Waals surface area (Å²) in [6.07, 6.45) is -1.95. The van der Waals surface area contributed by atoms with Gasteiger partial charge in [-0.25, -0.2) is 0 Å². The van der Waals surface area contributed by atoms with Crippen LogP contribution in [0.3, 0.4) is 0 Å². The summed E-state index contributed by atoms with van der Waals surface area (Å²) in [5.41, 5.74) is 2.38. The lowest BCUT2D eigenvalue weighted by molar-refractivity contribution is 0.0517. The van der Waals surface area contributed by atoms with Crippen molar-refractivity contribution in [1.29, 1.82) is 0 Å². The van der Waals surface area contributed by atoms with Gasteiger partial charge in [-0.2, -0.15) is 0 Å². The van der Waals surface area contributed by atoms with Crippen LogP contribution in [-0.2, 0) is 4.74 Å². The van der Waals surface area contributed by atoms with E-state index in [4.69, 9.17) is 27.9 Å². The number of phenolic OH excluding ortho intramolecular Hbond substituents is 2. The Labute approximate surface area is 174 Å². The van der Waals surface area contributed by atoms with Crippen LogP contribution in [0.15, 0.2) is 59.9 Å². The molecule has 4 N–H and O–H groups in total. The summed E-state index contributed by atoms with van der Waals surface area (Å²) in [4.78, 5) is 0. The summed E-state index contributed by atoms with van der Waals surface area (Å²) in [7, 11) is 0. The van der Waals surface area contributed by atoms with Crippen LogP contribution in [0.5, 0.6) is 11.5 Å². The number of allylic oxidation sites excluding steroid dienone is 1. The molecule has 2 aromatic carbocycles. The van der Waals surface area contributed by atoms with E-state index in [0.29, 0.717) is 5.57 Å². The average Bonchev–Trinajstić information content (AvgIpc) is 2.70. The van der Waals surface area contributed by atoms with E-state index in [9.17, 15) is 20.4 Å². The van der Waals surface area contributed by atoms with Gasteiger partial charge < -0.3 is 25.2 Å². The van der Waals surface area contributed by atoms with Gasteiger partial charge in [0.15, 0.2) is 0 Å². The summed E-state index contributed by atoms with van der Waals surface area (Å²) < 4.78 is 5.69. The number of benzene rings is 2. The van der Waals surface area contributed by atoms with Gasteiger partial charge in [0.2, 0.25) is 0 Å². The van der Waals surface area contributed by atoms with E-state index in [2.05, 4.69) is 0 Å². The summed E-state index contributed by atoms with van der Waals surface area (Å²) in [6, 6.07) is 13.4. The summed E-state index contributed by atoms with van der Waals surface area (Å²) in [6.45, 7) is 1.73. The normalized spacial score (nSPS) is 14.5. The summed E-state index contributed by atoms with van der Waals surface area (Å²) >= 11 is 11.5. The molecule has 7 heteroatoms. The molecule has 0 spiro atoms. The maximum absolute atomic E-state index is 10.4. The zero-order valence-electron chi connectivity index (χ0n) is 15.4. The molecule has 0 heterocycles. The molecule has 0 fully saturated rings. The Kier molecular flexibility index (Phi) is 8.45. The van der Waals surface area contributed by atoms with Crippen LogP contribution in [0, 0.1) is 0 Å². The van der Waals surface area contributed by atoms with Crippen LogP contribution in [0.1, 0.15) is 24.0 Å². The predicted octanol–water partition coefficient (Wildman–Crippen LogP) is 3.72. The third-order valence-electron chi connectivity index (χ3n) is 4.33. The molecular formula is C21H24Cl2O5. The molecule has 0 aliphatic carbocycles. The molecule has 0 aromatic heterocycles. The number of phenols is 2. The van der Waals surface area contributed by atoms with Crippen molar-refractivity contribution < 1.29 is 25.2 Å². The molecule has 0 saturated heterocycles. The number of aliphatic hydroxyl groups excluding tert-OH is 2. The standard InChI is InChI=1S/C21H24Cl2O5/c1-13(21(19(27)11-23)28-12-18(26)10-22)20(14-2-6-16(24)7-3-14)15-4-8-17(25)9-5-15/h2-9,18-20,24-27H,10-12H2,1H3/b21-13-. The number of hydrogen-bond acceptors (Lipinski definition) is 5. The first-order chi connectivity index (χ1) is 13.4. The van der Waals surface area contributed by atoms with Crippen molar-refractivity contribution >= 4 is 23.2 Å². The molecule has 5 nitrogen and oxygen atoms in total. The molecule has 0 aliphatic heterocycles. The lowest BCUT2D eigenvalue weighted by atomic mass is 9.84. The van der Waals surface area contributed by atoms with Gasteiger partial charge in [-0.05, 0) is 47.9 Å². The van der Waals surface area contributed by atoms with Crippen molar-refractivity contribution in [2.45, 2.75) is 25.0 Å². The monoisotopic (exact) mass is 426 g/mol. The average molecular weight is 427 g/mol. The second-order valence-corrected chi connectivity index (χ2v) is 7.07. The van der Waals surface area contributed by atoms with E-state index in [1.165, 1.54) is 0 Å². The van der Waals surface area contributed by atoms with Gasteiger partial charge in [0.05, 0.1) is 11.8 Å². The number of alkyl halides is 2. The highest BCUT2D eigenvalue weighted by molar-refractivity contribution is 6.18. The van der Waals surface area contributed by atoms with Gasteiger partial charge in [-0.1, -0.05) is 24.3 Å². The van der Waals surface area contributed by atoms with Crippen LogP contribution < -0.4 is 0 Å². The van der Waals surface area contributed by atoms with E-state index >= 15 is 0 Å². The zero-order chi connectivity index (χ0) is 20.7. The SMILES string of the molecule is C/C(=C(/OCC(O)CCl)C(O)CCl)C(c1ccc(O)cc1)c1ccc(O)cc1. The van der Waals surface area contributed by atoms with E-state index in [1.54, 1.807) is 48.5 Å². The fourth-order valence-electron chi connectivity index (χ4n) is 2.94. The van der Waals surface area contributed by atoms with E-state index in [1.807, 2.05) is 6.92 Å². The lowest BCUT2D eigenvalue weighted by Gasteiger charge is -2.25. The van der Waals surface area contributed by atoms with Crippen molar-refractivity contribution in [3.05, 3.63) is 71.0 Å². The van der Waals surface area contributed by atoms with Gasteiger partial charge in [0, 0.05) is 5.92 Å². The molecule has 0 radical (unpaired) electrons. The topological polar surface area (TPSA) is 90.2 Å². The molecule has 0 amide bonds. The van der Waals surface area contributed by atoms with Crippen LogP contribution in [-0.4, -0.2) is 51.0 Å². The Bertz CT molecular complexity index is 729. The Hall–Kier alpha value is -1.92. The number of aliphatic hydroxyl groups is 2. The molecule has 2 atom stereocenters. The first-order valence-electron chi connectivity index (χ1n) is 8.76. The maximum Gasteiger partial charge on any atom is 0.126 e. The van der Waals surface area contributed by atoms with Gasteiger partial charge in [-0.3, -0.25) is 0 Å². The molecule has 0 bridgehead atoms. The maximum atomic E-state index is 10.4. The summed E-state index contributed by atoms with van der Waals surface area (Å²) in [5.74, 6) is 0.117. The predicted molar refractivity (Wildman–Crippen MR) is 110 cm³/mol. The van der Waals surface area contributed by atoms with Crippen molar-refractivity contribution in [3.8, 4) is 11.5 Å². The minimum Gasteiger partial charge on any atom is -0.508 e. The van der Waals surface area contributed by atoms with Crippen molar-refractivity contribution in [2.75, 3.05) is 18.4 Å². The summed E-state index contributed by atoms with van der Waals surface area (Å²) in [5, 5.41) is 39.4. The van der Waals surface area contributed by atoms with Crippen LogP contribution in [0.4, 0.5) is 0 Å². The quantitative estimate of drug-likeness (QED) is 0.362. The van der Waals surface area contributed by atoms with Crippen LogP contribution >= 0.6 is 23.2 Å². The molecule has 2 aromatic rings. The Morgan fingerprint density at radius 2 is 1.32 bits per heavy atom. The fraction of sp³-hybridized carbons (Fsp3) is 0.333. The van der Waals surface area contributed by atoms with Gasteiger partial charge in [0.25, 0.3) is 0 Å². The fourth-order valence-corrected chi connectivity index (χ4v) is 3.17. The molecule has 2 unspecified atom stereocenters. The van der Waals surface area contributed by atoms with Gasteiger partial charge in [0.1, 0.15) is 36.1 Å². The third kappa shape index (κ3) is 5.79. The zero-order valence-corrected chi connectivity index (χ0v) is 16.9. The van der Waals surface area contributed by atoms with Gasteiger partial charge >= 0.3 is 0 Å². The first kappa shape index (κ1) is 22.4. The number of aromatic hydroxyl groups is 2. The highest BCUT2D eigenvalue weighted by Gasteiger charge is 2.24. The second-order valence-electron chi connectivity index (χ2n) is 6.45. The largest absolute Gasteiger partial charge is 0.508 e. The van der Waals surface area contributed by atoms with Crippen molar-refractivity contribution in [1.82, 2.24) is 0 Å². The second kappa shape index (κ2) is 10.6. The highest BCUT2D eigenvalue weighted by atomic mass is 35.5. The van der Waals surface area contributed by atoms with Crippen molar-refractivity contribution in [3.63, 3.8) is 0 Å². The van der Waals surface area contributed by atoms with Crippen LogP contribution in [0.2, 0.25) is 0 Å². The number of rotatable bonds is 9. The molecule has 0 aliphatic rings. The Morgan fingerprint density at radius 3 is 1.71 bits per heavy atom. The lowest BCUT2D eigenvalue weighted by Crippen LogP contribution is -2.24. The highest BCUT2D eigenvalue weighted by Crippen LogP contribution is 2.36. The number of hydrogen-bond donors (Lipinski definition) is 4. The molecule has 2 rings (SSSR count). The smallest absolute Gasteiger partial charge is 0.126 e. The number of halogens is 2. The van der Waals surface area contributed by atoms with E-state index in [-0.39, 0.29) is 41.5 Å². The molecule has 28 heavy (non-hydrogen) atoms. The number of ether oxygens (including phenoxy) is 1. The third-order valence-corrected chi connectivity index (χ3v) is 4.98. The molecule has 152 valence electrons. The first-order valence-corrected chi connectivity index (χ1v) is 9.83. The Morgan fingerprint density at radius 1 is 0.857 bits per heavy atom. The Balaban J connectivity index is 2.54. The van der Waals surface area contributed by atoms with Crippen LogP contribution in [0.25, 0.3) is 0 Å². The van der Waals surface area contributed by atoms with Crippen molar-refractivity contribution in [2.24, 2.45) is 0 Å². The van der Waals surface area contributed by atoms with E-state index < -0.39 is 12.2 Å². The van der Waals surface area contributed by atoms with E-state index in [0.717, 1.165) is 11.1 Å². The minimum atomic E-state index is -1.07. The molecular weight excluding hydrogens is 403 g/mol.